The summed E-state index contributed by atoms with van der Waals surface area (Å²) in [5.74, 6) is 0. The van der Waals surface area contributed by atoms with Gasteiger partial charge in [-0.25, -0.2) is 0 Å². The summed E-state index contributed by atoms with van der Waals surface area (Å²) in [6.07, 6.45) is 0. The van der Waals surface area contributed by atoms with Crippen molar-refractivity contribution in [1.29, 1.82) is 0 Å². The summed E-state index contributed by atoms with van der Waals surface area (Å²) >= 11 is -0.181. The molecule has 16 aromatic rings. The van der Waals surface area contributed by atoms with E-state index in [0.29, 0.717) is 0 Å². The van der Waals surface area contributed by atoms with E-state index in [0.717, 1.165) is 62.6 Å². The minimum absolute atomic E-state index is 0.0932. The van der Waals surface area contributed by atoms with Crippen LogP contribution in [0.15, 0.2) is 370 Å². The zero-order valence-electron chi connectivity index (χ0n) is 54.5. The summed E-state index contributed by atoms with van der Waals surface area (Å²) in [7, 11) is 0. The molecule has 0 aliphatic carbocycles. The van der Waals surface area contributed by atoms with Crippen molar-refractivity contribution in [1.82, 2.24) is 0 Å². The Morgan fingerprint density at radius 1 is 0.220 bits per heavy atom. The number of hydrogen-bond donors (Lipinski definition) is 0. The molecule has 0 unspecified atom stereocenters. The molecule has 0 spiro atoms. The zero-order valence-corrected chi connectivity index (χ0v) is 56.2. The van der Waals surface area contributed by atoms with E-state index < -0.39 is 0 Å². The summed E-state index contributed by atoms with van der Waals surface area (Å²) in [4.78, 5) is 12.6. The average molecular weight is 1340 g/mol. The monoisotopic (exact) mass is 1340 g/mol. The van der Waals surface area contributed by atoms with Crippen LogP contribution in [-0.4, -0.2) is 28.4 Å². The second kappa shape index (κ2) is 23.8. The fraction of sp³-hybridized carbons (Fsp3) is 0. The number of para-hydroxylation sites is 8. The maximum Gasteiger partial charge on any atom is -0.0543 e. The van der Waals surface area contributed by atoms with Crippen LogP contribution in [0, 0.1) is 0 Å². The van der Waals surface area contributed by atoms with Crippen LogP contribution in [0.2, 0.25) is 0 Å². The normalized spacial score (nSPS) is 12.9. The van der Waals surface area contributed by atoms with E-state index in [4.69, 9.17) is 0 Å². The van der Waals surface area contributed by atoms with E-state index in [1.165, 1.54) is 108 Å². The largest absolute Gasteiger partial charge is 0.0617 e. The Balaban J connectivity index is 0.839. The molecule has 0 N–H and O–H groups in total. The molecule has 4 heterocycles. The van der Waals surface area contributed by atoms with Crippen molar-refractivity contribution in [3.05, 3.63) is 370 Å². The van der Waals surface area contributed by atoms with E-state index in [-0.39, 0.29) is 28.4 Å². The van der Waals surface area contributed by atoms with Crippen molar-refractivity contribution in [3.8, 4) is 22.3 Å². The van der Waals surface area contributed by atoms with Gasteiger partial charge >= 0.3 is 563 Å². The van der Waals surface area contributed by atoms with Crippen molar-refractivity contribution < 1.29 is 0 Å². The molecule has 4 aliphatic heterocycles. The first-order chi connectivity index (χ1) is 49.7. The van der Waals surface area contributed by atoms with Crippen molar-refractivity contribution in [3.63, 3.8) is 0 Å². The number of fused-ring (bicyclic) bond motifs is 10. The first-order valence-corrected chi connectivity index (χ1v) is 36.2. The second-order valence-corrected chi connectivity index (χ2v) is 28.5. The molecule has 100 heavy (non-hydrogen) atoms. The van der Waals surface area contributed by atoms with Crippen LogP contribution in [0.25, 0.3) is 43.8 Å². The molecule has 0 bridgehead atoms. The van der Waals surface area contributed by atoms with Gasteiger partial charge in [-0.1, -0.05) is 30.3 Å². The van der Waals surface area contributed by atoms with Crippen molar-refractivity contribution in [2.24, 2.45) is 0 Å². The summed E-state index contributed by atoms with van der Waals surface area (Å²) in [5, 5.41) is 4.95. The van der Waals surface area contributed by atoms with E-state index in [1.54, 1.807) is 0 Å². The van der Waals surface area contributed by atoms with Gasteiger partial charge in [-0.05, 0) is 0 Å². The van der Waals surface area contributed by atoms with Crippen molar-refractivity contribution >= 4 is 177 Å². The Morgan fingerprint density at radius 3 is 1.07 bits per heavy atom. The number of nitrogens with zero attached hydrogens (tertiary/aromatic N) is 5. The van der Waals surface area contributed by atoms with Gasteiger partial charge in [-0.3, -0.25) is 0 Å². The molecular formula is C92H61B2N5Se. The molecule has 0 atom stereocenters. The Kier molecular flexibility index (Phi) is 13.8. The van der Waals surface area contributed by atoms with E-state index in [1.807, 2.05) is 0 Å². The third-order valence-electron chi connectivity index (χ3n) is 20.7. The van der Waals surface area contributed by atoms with Gasteiger partial charge in [0.25, 0.3) is 0 Å². The summed E-state index contributed by atoms with van der Waals surface area (Å²) in [6, 6.07) is 138. The quantitative estimate of drug-likeness (QED) is 0.0945. The van der Waals surface area contributed by atoms with Crippen LogP contribution in [-0.2, 0) is 0 Å². The Morgan fingerprint density at radius 2 is 0.580 bits per heavy atom. The van der Waals surface area contributed by atoms with Crippen LogP contribution < -0.4 is 66.2 Å². The SMILES string of the molecule is c1ccc(-c2c3ccccc3c(-c3cccc(N4c5ccccc5B5c6cc7c(cc6[Se]c6cc(N(c8ccccc8)c8ccccc8)cc4c65)N(c4ccccc4)c4cc(N(c5ccccc5)c5ccccc5)cc5c4B7c4ccccc4N5c4ccccc4)c3)c3ccccc23)cc1. The number of benzene rings is 16. The maximum absolute atomic E-state index is 2.68. The molecule has 4 aliphatic rings. The molecule has 16 aromatic carbocycles. The zero-order chi connectivity index (χ0) is 65.8. The fourth-order valence-electron chi connectivity index (χ4n) is 16.7. The molecule has 0 radical (unpaired) electrons. The minimum Gasteiger partial charge on any atom is -0.0617 e. The topological polar surface area (TPSA) is 16.2 Å². The summed E-state index contributed by atoms with van der Waals surface area (Å²) in [6.45, 7) is -0.213. The molecule has 0 saturated heterocycles. The first-order valence-electron chi connectivity index (χ1n) is 34.5. The maximum atomic E-state index is 2.68. The Hall–Kier alpha value is -12.3. The molecule has 20 rings (SSSR count). The fourth-order valence-corrected chi connectivity index (χ4v) is 19.3. The van der Waals surface area contributed by atoms with E-state index >= 15 is 0 Å². The van der Waals surface area contributed by atoms with E-state index in [9.17, 15) is 0 Å². The van der Waals surface area contributed by atoms with Crippen LogP contribution >= 0.6 is 0 Å². The molecule has 0 aromatic heterocycles. The summed E-state index contributed by atoms with van der Waals surface area (Å²) in [5.41, 5.74) is 29.7. The molecule has 466 valence electrons. The van der Waals surface area contributed by atoms with Crippen LogP contribution in [0.3, 0.4) is 0 Å². The van der Waals surface area contributed by atoms with Crippen LogP contribution in [0.4, 0.5) is 85.3 Å². The van der Waals surface area contributed by atoms with Crippen LogP contribution in [0.1, 0.15) is 0 Å². The van der Waals surface area contributed by atoms with Gasteiger partial charge in [-0.2, -0.15) is 0 Å². The second-order valence-electron chi connectivity index (χ2n) is 26.3. The van der Waals surface area contributed by atoms with Gasteiger partial charge in [0.1, 0.15) is 0 Å². The standard InChI is InChI=1S/C92H61B2N5Se/c1-8-31-62(32-9-1)89-73-47-22-24-49-75(73)90(76-50-25-23-48-74(76)89)63-33-30-46-70(55-63)99-82-54-29-27-52-78(82)94-80-60-79-83(61-87(80)100-88-59-72(58-86(99)92(88)94)96(66-38-14-4-15-39-66)67-40-16-5-17-41-67)98(69-44-20-7-21-45-69)85-57-71(95(64-34-10-2-11-35-64)65-36-12-3-13-37-65)56-84-91(85)93(79)77-51-26-28-53-81(77)97(84)68-42-18-6-19-43-68/h1-61H. The van der Waals surface area contributed by atoms with Gasteiger partial charge < -0.3 is 0 Å². The number of hydrogen-bond acceptors (Lipinski definition) is 5. The molecular weight excluding hydrogens is 1280 g/mol. The van der Waals surface area contributed by atoms with Gasteiger partial charge in [0.15, 0.2) is 0 Å². The minimum atomic E-state index is -0.181. The van der Waals surface area contributed by atoms with Crippen LogP contribution in [0.5, 0.6) is 0 Å². The van der Waals surface area contributed by atoms with Gasteiger partial charge in [-0.15, -0.1) is 0 Å². The molecule has 0 saturated carbocycles. The van der Waals surface area contributed by atoms with E-state index in [2.05, 4.69) is 395 Å². The first kappa shape index (κ1) is 57.9. The smallest absolute Gasteiger partial charge is 0.0543 e. The Bertz CT molecular complexity index is 5730. The summed E-state index contributed by atoms with van der Waals surface area (Å²) < 4.78 is 2.75. The van der Waals surface area contributed by atoms with Gasteiger partial charge in [0, 0.05) is 0 Å². The predicted octanol–water partition coefficient (Wildman–Crippen LogP) is 18.6. The van der Waals surface area contributed by atoms with Crippen molar-refractivity contribution in [2.75, 3.05) is 24.5 Å². The molecule has 8 heteroatoms. The van der Waals surface area contributed by atoms with Gasteiger partial charge in [0.2, 0.25) is 0 Å². The van der Waals surface area contributed by atoms with Crippen molar-refractivity contribution in [2.45, 2.75) is 0 Å². The number of rotatable bonds is 11. The average Bonchev–Trinajstić information content (AvgIpc) is 0.689. The Labute approximate surface area is 589 Å². The predicted molar refractivity (Wildman–Crippen MR) is 427 cm³/mol. The molecule has 0 fully saturated rings. The molecule has 0 amide bonds. The third kappa shape index (κ3) is 9.26. The number of anilines is 15. The van der Waals surface area contributed by atoms with Gasteiger partial charge in [0.05, 0.1) is 0 Å². The third-order valence-corrected chi connectivity index (χ3v) is 23.1. The molecule has 5 nitrogen and oxygen atoms in total.